The van der Waals surface area contributed by atoms with Crippen molar-refractivity contribution in [3.63, 3.8) is 0 Å². The maximum atomic E-state index is 7.29. The Morgan fingerprint density at radius 1 is 0.870 bits per heavy atom. The van der Waals surface area contributed by atoms with Crippen LogP contribution in [0.5, 0.6) is 11.5 Å². The van der Waals surface area contributed by atoms with E-state index in [1.807, 2.05) is 0 Å². The van der Waals surface area contributed by atoms with E-state index in [-0.39, 0.29) is 17.4 Å². The summed E-state index contributed by atoms with van der Waals surface area (Å²) in [7, 11) is 3.46. The van der Waals surface area contributed by atoms with E-state index in [0.29, 0.717) is 70.7 Å². The second kappa shape index (κ2) is 13.0. The molecule has 5 aliphatic carbocycles. The number of hydrogen-bond acceptors (Lipinski definition) is 8. The molecule has 1 spiro atoms. The van der Waals surface area contributed by atoms with E-state index < -0.39 is 5.60 Å². The van der Waals surface area contributed by atoms with Crippen LogP contribution in [0, 0.1) is 17.8 Å². The molecule has 8 nitrogen and oxygen atoms in total. The van der Waals surface area contributed by atoms with E-state index in [1.165, 1.54) is 36.1 Å². The van der Waals surface area contributed by atoms with Crippen LogP contribution < -0.4 is 9.47 Å². The SMILES string of the molecule is COCCOCCOCCO[C@]12CCC3c4ccc(OC)c5c4[C@@]4(CCN(CC6CC6)[C@H]3[C@H]4C[C@@H]1COCc1ccccc1)[C@H]2O5. The fourth-order valence-corrected chi connectivity index (χ4v) is 10.2. The molecular formula is C38H51NO7. The van der Waals surface area contributed by atoms with Crippen molar-refractivity contribution >= 4 is 0 Å². The summed E-state index contributed by atoms with van der Waals surface area (Å²) in [6.07, 6.45) is 6.98. The molecule has 2 aromatic rings. The molecule has 2 aromatic carbocycles. The van der Waals surface area contributed by atoms with Crippen LogP contribution in [0.15, 0.2) is 42.5 Å². The Bertz CT molecular complexity index is 1350. The van der Waals surface area contributed by atoms with Gasteiger partial charge in [0.05, 0.1) is 60.0 Å². The van der Waals surface area contributed by atoms with Crippen molar-refractivity contribution < 1.29 is 33.2 Å². The number of rotatable bonds is 17. The van der Waals surface area contributed by atoms with Crippen LogP contribution in [-0.2, 0) is 35.7 Å². The molecule has 46 heavy (non-hydrogen) atoms. The molecule has 250 valence electrons. The molecule has 1 unspecified atom stereocenters. The Kier molecular flexibility index (Phi) is 8.80. The number of benzene rings is 2. The minimum Gasteiger partial charge on any atom is -0.493 e. The molecule has 0 aromatic heterocycles. The zero-order valence-corrected chi connectivity index (χ0v) is 27.6. The van der Waals surface area contributed by atoms with Gasteiger partial charge < -0.3 is 33.2 Å². The van der Waals surface area contributed by atoms with Crippen LogP contribution in [0.2, 0.25) is 0 Å². The number of fused-ring (bicyclic) bond motifs is 2. The van der Waals surface area contributed by atoms with Crippen LogP contribution in [0.25, 0.3) is 0 Å². The van der Waals surface area contributed by atoms with Crippen molar-refractivity contribution in [1.82, 2.24) is 4.90 Å². The van der Waals surface area contributed by atoms with Gasteiger partial charge in [-0.3, -0.25) is 4.90 Å². The van der Waals surface area contributed by atoms with Crippen molar-refractivity contribution in [2.24, 2.45) is 17.8 Å². The highest BCUT2D eigenvalue weighted by Crippen LogP contribution is 2.72. The highest BCUT2D eigenvalue weighted by Gasteiger charge is 2.75. The monoisotopic (exact) mass is 633 g/mol. The summed E-state index contributed by atoms with van der Waals surface area (Å²) >= 11 is 0. The zero-order chi connectivity index (χ0) is 31.1. The lowest BCUT2D eigenvalue weighted by molar-refractivity contribution is -0.243. The predicted molar refractivity (Wildman–Crippen MR) is 174 cm³/mol. The van der Waals surface area contributed by atoms with Crippen molar-refractivity contribution in [3.8, 4) is 11.5 Å². The summed E-state index contributed by atoms with van der Waals surface area (Å²) in [5, 5.41) is 0. The molecule has 3 saturated carbocycles. The predicted octanol–water partition coefficient (Wildman–Crippen LogP) is 5.36. The Morgan fingerprint density at radius 3 is 2.46 bits per heavy atom. The third-order valence-corrected chi connectivity index (χ3v) is 12.2. The Morgan fingerprint density at radius 2 is 1.67 bits per heavy atom. The first-order valence-electron chi connectivity index (χ1n) is 17.7. The van der Waals surface area contributed by atoms with Gasteiger partial charge >= 0.3 is 0 Å². The van der Waals surface area contributed by atoms with Gasteiger partial charge in [-0.1, -0.05) is 36.4 Å². The van der Waals surface area contributed by atoms with Crippen LogP contribution in [0.3, 0.4) is 0 Å². The second-order valence-corrected chi connectivity index (χ2v) is 14.5. The first-order chi connectivity index (χ1) is 22.7. The third kappa shape index (κ3) is 5.19. The van der Waals surface area contributed by atoms with Gasteiger partial charge in [0, 0.05) is 42.5 Å². The first kappa shape index (κ1) is 31.1. The lowest BCUT2D eigenvalue weighted by atomic mass is 9.42. The van der Waals surface area contributed by atoms with Crippen LogP contribution in [0.1, 0.15) is 61.1 Å². The number of likely N-dealkylation sites (tertiary alicyclic amines) is 1. The molecule has 0 amide bonds. The van der Waals surface area contributed by atoms with Gasteiger partial charge in [0.2, 0.25) is 0 Å². The first-order valence-corrected chi connectivity index (χ1v) is 17.7. The van der Waals surface area contributed by atoms with Gasteiger partial charge in [-0.15, -0.1) is 0 Å². The zero-order valence-electron chi connectivity index (χ0n) is 27.6. The minimum atomic E-state index is -0.463. The van der Waals surface area contributed by atoms with Gasteiger partial charge in [-0.2, -0.15) is 0 Å². The van der Waals surface area contributed by atoms with Crippen LogP contribution >= 0.6 is 0 Å². The largest absolute Gasteiger partial charge is 0.493 e. The molecule has 1 saturated heterocycles. The smallest absolute Gasteiger partial charge is 0.165 e. The van der Waals surface area contributed by atoms with Crippen molar-refractivity contribution in [2.75, 3.05) is 73.6 Å². The van der Waals surface area contributed by atoms with E-state index in [4.69, 9.17) is 33.2 Å². The highest BCUT2D eigenvalue weighted by atomic mass is 16.6. The maximum absolute atomic E-state index is 7.29. The Labute approximate surface area is 273 Å². The fraction of sp³-hybridized carbons (Fsp3) is 0.684. The topological polar surface area (TPSA) is 67.9 Å². The number of ether oxygens (including phenoxy) is 7. The Balaban J connectivity index is 1.10. The van der Waals surface area contributed by atoms with Crippen molar-refractivity contribution in [3.05, 3.63) is 59.2 Å². The lowest BCUT2D eigenvalue weighted by Crippen LogP contribution is -2.75. The van der Waals surface area contributed by atoms with E-state index in [9.17, 15) is 0 Å². The summed E-state index contributed by atoms with van der Waals surface area (Å²) in [5.74, 6) is 3.95. The summed E-state index contributed by atoms with van der Waals surface area (Å²) in [6.45, 7) is 6.99. The summed E-state index contributed by atoms with van der Waals surface area (Å²) < 4.78 is 43.8. The molecule has 7 aliphatic rings. The van der Waals surface area contributed by atoms with Gasteiger partial charge in [0.1, 0.15) is 11.7 Å². The van der Waals surface area contributed by atoms with E-state index >= 15 is 0 Å². The number of methoxy groups -OCH3 is 2. The highest BCUT2D eigenvalue weighted by molar-refractivity contribution is 5.63. The molecule has 7 bridgehead atoms. The van der Waals surface area contributed by atoms with Crippen molar-refractivity contribution in [1.29, 1.82) is 0 Å². The van der Waals surface area contributed by atoms with Gasteiger partial charge in [-0.25, -0.2) is 0 Å². The van der Waals surface area contributed by atoms with Gasteiger partial charge in [0.15, 0.2) is 11.5 Å². The number of hydrogen-bond donors (Lipinski definition) is 0. The maximum Gasteiger partial charge on any atom is 0.165 e. The molecular weight excluding hydrogens is 582 g/mol. The van der Waals surface area contributed by atoms with Crippen LogP contribution in [-0.4, -0.2) is 96.2 Å². The van der Waals surface area contributed by atoms with Gasteiger partial charge in [0.25, 0.3) is 0 Å². The van der Waals surface area contributed by atoms with Gasteiger partial charge in [-0.05, 0) is 74.1 Å². The lowest BCUT2D eigenvalue weighted by Gasteiger charge is -2.67. The summed E-state index contributed by atoms with van der Waals surface area (Å²) in [5.41, 5.74) is 3.65. The average Bonchev–Trinajstić information content (AvgIpc) is 3.82. The molecule has 2 heterocycles. The molecule has 0 N–H and O–H groups in total. The molecule has 2 aliphatic heterocycles. The standard InChI is InChI=1S/C38H51NO7/c1-40-16-17-42-18-19-43-20-21-45-38-13-12-30-29-10-11-32(41-2)35-33(29)37(36(38)46-35)14-15-39(23-26-8-9-26)34(30)31(37)22-28(38)25-44-24-27-6-4-3-5-7-27/h3-7,10-11,26,28,30-31,34,36H,8-9,12-25H2,1-2H3/t28-,30?,31-,34-,36-,37+,38-/m1/s1. The Hall–Kier alpha value is -2.20. The third-order valence-electron chi connectivity index (χ3n) is 12.2. The summed E-state index contributed by atoms with van der Waals surface area (Å²) in [6, 6.07) is 15.6. The fourth-order valence-electron chi connectivity index (χ4n) is 10.2. The summed E-state index contributed by atoms with van der Waals surface area (Å²) in [4.78, 5) is 2.91. The average molecular weight is 634 g/mol. The second-order valence-electron chi connectivity index (χ2n) is 14.5. The van der Waals surface area contributed by atoms with E-state index in [0.717, 1.165) is 49.6 Å². The molecule has 9 rings (SSSR count). The quantitative estimate of drug-likeness (QED) is 0.216. The van der Waals surface area contributed by atoms with Crippen molar-refractivity contribution in [2.45, 2.75) is 74.2 Å². The van der Waals surface area contributed by atoms with Crippen LogP contribution in [0.4, 0.5) is 0 Å². The molecule has 8 heteroatoms. The van der Waals surface area contributed by atoms with E-state index in [1.54, 1.807) is 14.2 Å². The number of piperidine rings is 1. The number of nitrogens with zero attached hydrogens (tertiary/aromatic N) is 1. The normalized spacial score (nSPS) is 33.6. The molecule has 7 atom stereocenters. The molecule has 4 fully saturated rings. The minimum absolute atomic E-state index is 0.0627. The molecule has 0 radical (unpaired) electrons. The van der Waals surface area contributed by atoms with E-state index in [2.05, 4.69) is 47.4 Å².